The summed E-state index contributed by atoms with van der Waals surface area (Å²) < 4.78 is 5.32. The van der Waals surface area contributed by atoms with E-state index in [4.69, 9.17) is 9.52 Å². The number of nitrogens with one attached hydrogen (secondary N) is 1. The Morgan fingerprint density at radius 2 is 2.00 bits per heavy atom. The summed E-state index contributed by atoms with van der Waals surface area (Å²) in [7, 11) is 0. The number of rotatable bonds is 4. The van der Waals surface area contributed by atoms with Crippen molar-refractivity contribution < 1.29 is 14.3 Å². The molecule has 2 rings (SSSR count). The van der Waals surface area contributed by atoms with Gasteiger partial charge in [-0.2, -0.15) is 0 Å². The summed E-state index contributed by atoms with van der Waals surface area (Å²) in [6.45, 7) is 2.02. The first kappa shape index (κ1) is 13.1. The minimum atomic E-state index is -1.01. The summed E-state index contributed by atoms with van der Waals surface area (Å²) in [5.74, 6) is -0.293. The van der Waals surface area contributed by atoms with Gasteiger partial charge in [0.1, 0.15) is 5.76 Å². The number of furan rings is 1. The Balaban J connectivity index is 1.93. The summed E-state index contributed by atoms with van der Waals surface area (Å²) in [6, 6.07) is 3.86. The standard InChI is InChI=1S/C14H21NO3/c1-10(12-8-9-13(18-12)14(16)17)15-11-6-4-2-3-5-7-11/h8-11,15H,2-7H2,1H3,(H,16,17). The lowest BCUT2D eigenvalue weighted by molar-refractivity contribution is 0.0659. The summed E-state index contributed by atoms with van der Waals surface area (Å²) in [5.41, 5.74) is 0. The molecule has 0 aliphatic heterocycles. The van der Waals surface area contributed by atoms with Crippen molar-refractivity contribution in [2.24, 2.45) is 0 Å². The second-order valence-corrected chi connectivity index (χ2v) is 5.08. The second-order valence-electron chi connectivity index (χ2n) is 5.08. The minimum Gasteiger partial charge on any atom is -0.475 e. The lowest BCUT2D eigenvalue weighted by atomic mass is 10.1. The van der Waals surface area contributed by atoms with Crippen LogP contribution in [0.2, 0.25) is 0 Å². The molecule has 1 saturated carbocycles. The van der Waals surface area contributed by atoms with Gasteiger partial charge in [-0.3, -0.25) is 0 Å². The molecule has 0 amide bonds. The smallest absolute Gasteiger partial charge is 0.371 e. The SMILES string of the molecule is CC(NC1CCCCCC1)c1ccc(C(=O)O)o1. The van der Waals surface area contributed by atoms with Crippen LogP contribution in [0.3, 0.4) is 0 Å². The van der Waals surface area contributed by atoms with Gasteiger partial charge in [-0.15, -0.1) is 0 Å². The molecule has 0 radical (unpaired) electrons. The fourth-order valence-corrected chi connectivity index (χ4v) is 2.58. The molecule has 1 unspecified atom stereocenters. The van der Waals surface area contributed by atoms with Crippen molar-refractivity contribution in [2.45, 2.75) is 57.5 Å². The first-order chi connectivity index (χ1) is 8.66. The summed E-state index contributed by atoms with van der Waals surface area (Å²) >= 11 is 0. The van der Waals surface area contributed by atoms with Crippen LogP contribution in [0, 0.1) is 0 Å². The quantitative estimate of drug-likeness (QED) is 0.805. The minimum absolute atomic E-state index is 0.0134. The molecule has 1 atom stereocenters. The van der Waals surface area contributed by atoms with Crippen LogP contribution >= 0.6 is 0 Å². The molecule has 4 heteroatoms. The zero-order chi connectivity index (χ0) is 13.0. The van der Waals surface area contributed by atoms with Gasteiger partial charge < -0.3 is 14.8 Å². The van der Waals surface area contributed by atoms with E-state index in [2.05, 4.69) is 5.32 Å². The molecular formula is C14H21NO3. The molecular weight excluding hydrogens is 230 g/mol. The topological polar surface area (TPSA) is 62.5 Å². The van der Waals surface area contributed by atoms with E-state index >= 15 is 0 Å². The summed E-state index contributed by atoms with van der Waals surface area (Å²) in [5, 5.41) is 12.4. The molecule has 1 aromatic heterocycles. The van der Waals surface area contributed by atoms with Crippen LogP contribution < -0.4 is 5.32 Å². The maximum Gasteiger partial charge on any atom is 0.371 e. The highest BCUT2D eigenvalue weighted by Crippen LogP contribution is 2.22. The third kappa shape index (κ3) is 3.35. The number of carbonyl (C=O) groups is 1. The molecule has 1 aromatic rings. The Morgan fingerprint density at radius 1 is 1.33 bits per heavy atom. The van der Waals surface area contributed by atoms with Gasteiger partial charge >= 0.3 is 5.97 Å². The van der Waals surface area contributed by atoms with Crippen LogP contribution in [0.4, 0.5) is 0 Å². The van der Waals surface area contributed by atoms with Crippen molar-refractivity contribution in [3.05, 3.63) is 23.7 Å². The maximum absolute atomic E-state index is 10.8. The predicted molar refractivity (Wildman–Crippen MR) is 68.7 cm³/mol. The lowest BCUT2D eigenvalue weighted by Crippen LogP contribution is -2.30. The van der Waals surface area contributed by atoms with Gasteiger partial charge in [0.2, 0.25) is 5.76 Å². The number of hydrogen-bond donors (Lipinski definition) is 2. The van der Waals surface area contributed by atoms with Crippen LogP contribution in [-0.4, -0.2) is 17.1 Å². The van der Waals surface area contributed by atoms with Gasteiger partial charge in [0.15, 0.2) is 0 Å². The van der Waals surface area contributed by atoms with Gasteiger partial charge in [0.05, 0.1) is 6.04 Å². The van der Waals surface area contributed by atoms with Gasteiger partial charge in [-0.05, 0) is 31.9 Å². The zero-order valence-corrected chi connectivity index (χ0v) is 10.8. The molecule has 0 saturated heterocycles. The molecule has 0 aromatic carbocycles. The number of aromatic carboxylic acids is 1. The Bertz CT molecular complexity index is 391. The van der Waals surface area contributed by atoms with Gasteiger partial charge in [-0.25, -0.2) is 4.79 Å². The van der Waals surface area contributed by atoms with E-state index in [9.17, 15) is 4.79 Å². The molecule has 1 aliphatic carbocycles. The predicted octanol–water partition coefficient (Wildman–Crippen LogP) is 3.35. The first-order valence-electron chi connectivity index (χ1n) is 6.76. The largest absolute Gasteiger partial charge is 0.475 e. The molecule has 1 heterocycles. The van der Waals surface area contributed by atoms with Crippen molar-refractivity contribution >= 4 is 5.97 Å². The lowest BCUT2D eigenvalue weighted by Gasteiger charge is -2.20. The maximum atomic E-state index is 10.8. The number of hydrogen-bond acceptors (Lipinski definition) is 3. The fourth-order valence-electron chi connectivity index (χ4n) is 2.58. The molecule has 18 heavy (non-hydrogen) atoms. The molecule has 1 aliphatic rings. The third-order valence-electron chi connectivity index (χ3n) is 3.61. The molecule has 1 fully saturated rings. The van der Waals surface area contributed by atoms with E-state index in [1.165, 1.54) is 44.6 Å². The van der Waals surface area contributed by atoms with E-state index in [1.807, 2.05) is 6.92 Å². The first-order valence-corrected chi connectivity index (χ1v) is 6.76. The highest BCUT2D eigenvalue weighted by Gasteiger charge is 2.18. The Morgan fingerprint density at radius 3 is 2.56 bits per heavy atom. The highest BCUT2D eigenvalue weighted by molar-refractivity contribution is 5.84. The molecule has 2 N–H and O–H groups in total. The average Bonchev–Trinajstić information content (AvgIpc) is 2.70. The van der Waals surface area contributed by atoms with Crippen molar-refractivity contribution in [3.8, 4) is 0 Å². The van der Waals surface area contributed by atoms with E-state index in [0.717, 1.165) is 0 Å². The van der Waals surface area contributed by atoms with Crippen LogP contribution in [0.25, 0.3) is 0 Å². The molecule has 100 valence electrons. The van der Waals surface area contributed by atoms with E-state index in [1.54, 1.807) is 6.07 Å². The normalized spacial score (nSPS) is 19.4. The fraction of sp³-hybridized carbons (Fsp3) is 0.643. The van der Waals surface area contributed by atoms with Gasteiger partial charge in [0, 0.05) is 6.04 Å². The van der Waals surface area contributed by atoms with Crippen molar-refractivity contribution in [1.82, 2.24) is 5.32 Å². The number of carboxylic acids is 1. The van der Waals surface area contributed by atoms with E-state index in [-0.39, 0.29) is 11.8 Å². The molecule has 0 spiro atoms. The second kappa shape index (κ2) is 6.05. The monoisotopic (exact) mass is 251 g/mol. The Labute approximate surface area is 107 Å². The van der Waals surface area contributed by atoms with E-state index in [0.29, 0.717) is 11.8 Å². The molecule has 0 bridgehead atoms. The van der Waals surface area contributed by atoms with Crippen molar-refractivity contribution in [2.75, 3.05) is 0 Å². The molecule has 4 nitrogen and oxygen atoms in total. The highest BCUT2D eigenvalue weighted by atomic mass is 16.4. The van der Waals surface area contributed by atoms with Gasteiger partial charge in [0.25, 0.3) is 0 Å². The Kier molecular flexibility index (Phi) is 4.42. The zero-order valence-electron chi connectivity index (χ0n) is 10.8. The Hall–Kier alpha value is -1.29. The summed E-state index contributed by atoms with van der Waals surface area (Å²) in [4.78, 5) is 10.8. The van der Waals surface area contributed by atoms with Gasteiger partial charge in [-0.1, -0.05) is 25.7 Å². The third-order valence-corrected chi connectivity index (χ3v) is 3.61. The van der Waals surface area contributed by atoms with E-state index < -0.39 is 5.97 Å². The van der Waals surface area contributed by atoms with Crippen molar-refractivity contribution in [1.29, 1.82) is 0 Å². The van der Waals surface area contributed by atoms with Crippen LogP contribution in [0.1, 0.15) is 67.8 Å². The van der Waals surface area contributed by atoms with Crippen LogP contribution in [-0.2, 0) is 0 Å². The average molecular weight is 251 g/mol. The number of carboxylic acid groups (broad SMARTS) is 1. The van der Waals surface area contributed by atoms with Crippen molar-refractivity contribution in [3.63, 3.8) is 0 Å². The summed E-state index contributed by atoms with van der Waals surface area (Å²) in [6.07, 6.45) is 7.63. The van der Waals surface area contributed by atoms with Crippen LogP contribution in [0.15, 0.2) is 16.5 Å². The van der Waals surface area contributed by atoms with Crippen LogP contribution in [0.5, 0.6) is 0 Å².